The van der Waals surface area contributed by atoms with E-state index in [2.05, 4.69) is 22.8 Å². The number of alkyl carbamates (subject to hydrolysis) is 1. The predicted octanol–water partition coefficient (Wildman–Crippen LogP) is 5.34. The molecule has 0 bridgehead atoms. The average molecular weight is 473 g/mol. The molecule has 0 saturated carbocycles. The number of carboxylic acid groups (broad SMARTS) is 1. The van der Waals surface area contributed by atoms with E-state index in [4.69, 9.17) is 4.74 Å². The maximum absolute atomic E-state index is 13.1. The lowest BCUT2D eigenvalue weighted by Crippen LogP contribution is -2.54. The number of hydrogen-bond acceptors (Lipinski definition) is 4. The van der Waals surface area contributed by atoms with Crippen molar-refractivity contribution in [3.8, 4) is 11.1 Å². The number of carbonyl (C=O) groups is 3. The summed E-state index contributed by atoms with van der Waals surface area (Å²) in [6, 6.07) is 20.8. The zero-order chi connectivity index (χ0) is 25.2. The second-order valence-electron chi connectivity index (χ2n) is 8.87. The second kappa shape index (κ2) is 9.62. The Labute approximate surface area is 204 Å². The molecule has 1 aliphatic carbocycles. The molecule has 0 aliphatic heterocycles. The summed E-state index contributed by atoms with van der Waals surface area (Å²) >= 11 is 0. The van der Waals surface area contributed by atoms with Gasteiger partial charge in [0.15, 0.2) is 0 Å². The Morgan fingerprint density at radius 3 is 2.11 bits per heavy atom. The Bertz CT molecular complexity index is 1260. The molecule has 1 atom stereocenters. The third-order valence-corrected chi connectivity index (χ3v) is 6.74. The van der Waals surface area contributed by atoms with E-state index in [0.29, 0.717) is 17.7 Å². The van der Waals surface area contributed by atoms with Gasteiger partial charge < -0.3 is 20.5 Å². The zero-order valence-corrected chi connectivity index (χ0v) is 19.9. The molecule has 0 saturated heterocycles. The highest BCUT2D eigenvalue weighted by atomic mass is 16.5. The van der Waals surface area contributed by atoms with Gasteiger partial charge in [-0.25, -0.2) is 9.59 Å². The van der Waals surface area contributed by atoms with E-state index in [0.717, 1.165) is 22.3 Å². The minimum atomic E-state index is -1.26. The molecule has 0 spiro atoms. The summed E-state index contributed by atoms with van der Waals surface area (Å²) in [6.45, 7) is 5.16. The molecule has 0 aromatic heterocycles. The van der Waals surface area contributed by atoms with Crippen LogP contribution in [-0.2, 0) is 9.53 Å². The quantitative estimate of drug-likeness (QED) is 0.431. The topological polar surface area (TPSA) is 105 Å². The van der Waals surface area contributed by atoms with Crippen molar-refractivity contribution in [1.29, 1.82) is 0 Å². The molecule has 0 heterocycles. The number of ether oxygens (including phenoxy) is 1. The van der Waals surface area contributed by atoms with Crippen molar-refractivity contribution >= 4 is 23.7 Å². The fourth-order valence-corrected chi connectivity index (χ4v) is 4.43. The lowest BCUT2D eigenvalue weighted by Gasteiger charge is -2.28. The number of carbonyl (C=O) groups excluding carboxylic acids is 2. The molecule has 0 fully saturated rings. The van der Waals surface area contributed by atoms with Gasteiger partial charge in [0.05, 0.1) is 5.56 Å². The Balaban J connectivity index is 1.45. The standard InChI is InChI=1S/C28H28N2O5/c1-4-28(3,26(33)29-24-15-9-14-18(17(24)2)25(31)32)30-27(34)35-16-23-21-12-7-5-10-19(21)20-11-6-8-13-22(20)23/h5-15,23H,4,16H2,1-3H3,(H,29,33)(H,30,34)(H,31,32). The molecule has 3 aromatic carbocycles. The van der Waals surface area contributed by atoms with Crippen LogP contribution in [0.4, 0.5) is 10.5 Å². The summed E-state index contributed by atoms with van der Waals surface area (Å²) in [7, 11) is 0. The van der Waals surface area contributed by atoms with Crippen molar-refractivity contribution in [3.63, 3.8) is 0 Å². The third kappa shape index (κ3) is 4.62. The van der Waals surface area contributed by atoms with E-state index < -0.39 is 23.5 Å². The fraction of sp³-hybridized carbons (Fsp3) is 0.250. The van der Waals surface area contributed by atoms with Crippen molar-refractivity contribution < 1.29 is 24.2 Å². The molecule has 4 rings (SSSR count). The molecule has 1 unspecified atom stereocenters. The molecule has 2 amide bonds. The number of amides is 2. The Kier molecular flexibility index (Phi) is 6.60. The second-order valence-corrected chi connectivity index (χ2v) is 8.87. The largest absolute Gasteiger partial charge is 0.478 e. The Hall–Kier alpha value is -4.13. The first-order valence-electron chi connectivity index (χ1n) is 11.5. The van der Waals surface area contributed by atoms with E-state index >= 15 is 0 Å². The van der Waals surface area contributed by atoms with Crippen LogP contribution >= 0.6 is 0 Å². The van der Waals surface area contributed by atoms with E-state index in [1.165, 1.54) is 6.07 Å². The molecule has 180 valence electrons. The van der Waals surface area contributed by atoms with Gasteiger partial charge in [0.25, 0.3) is 0 Å². The molecule has 3 aromatic rings. The van der Waals surface area contributed by atoms with Crippen LogP contribution in [0.2, 0.25) is 0 Å². The van der Waals surface area contributed by atoms with Gasteiger partial charge in [0.2, 0.25) is 5.91 Å². The number of carboxylic acids is 1. The minimum absolute atomic E-state index is 0.0868. The summed E-state index contributed by atoms with van der Waals surface area (Å²) < 4.78 is 5.60. The van der Waals surface area contributed by atoms with Crippen molar-refractivity contribution in [2.24, 2.45) is 0 Å². The number of aromatic carboxylic acids is 1. The molecular formula is C28H28N2O5. The van der Waals surface area contributed by atoms with Gasteiger partial charge in [-0.15, -0.1) is 0 Å². The highest BCUT2D eigenvalue weighted by Crippen LogP contribution is 2.44. The summed E-state index contributed by atoms with van der Waals surface area (Å²) in [5.41, 5.74) is 4.14. The first-order valence-corrected chi connectivity index (χ1v) is 11.5. The molecule has 1 aliphatic rings. The normalized spacial score (nSPS) is 13.8. The van der Waals surface area contributed by atoms with Gasteiger partial charge in [0, 0.05) is 11.6 Å². The Morgan fingerprint density at radius 1 is 0.943 bits per heavy atom. The van der Waals surface area contributed by atoms with Crippen LogP contribution in [0, 0.1) is 6.92 Å². The van der Waals surface area contributed by atoms with Crippen LogP contribution in [0.25, 0.3) is 11.1 Å². The van der Waals surface area contributed by atoms with Gasteiger partial charge in [-0.05, 0) is 60.2 Å². The van der Waals surface area contributed by atoms with Crippen LogP contribution in [0.3, 0.4) is 0 Å². The summed E-state index contributed by atoms with van der Waals surface area (Å²) in [4.78, 5) is 37.3. The smallest absolute Gasteiger partial charge is 0.408 e. The first-order chi connectivity index (χ1) is 16.7. The lowest BCUT2D eigenvalue weighted by molar-refractivity contribution is -0.121. The number of anilines is 1. The number of rotatable bonds is 7. The van der Waals surface area contributed by atoms with E-state index in [1.807, 2.05) is 36.4 Å². The van der Waals surface area contributed by atoms with E-state index in [1.54, 1.807) is 32.9 Å². The molecule has 0 radical (unpaired) electrons. The average Bonchev–Trinajstić information content (AvgIpc) is 3.17. The molecule has 35 heavy (non-hydrogen) atoms. The van der Waals surface area contributed by atoms with E-state index in [9.17, 15) is 19.5 Å². The van der Waals surface area contributed by atoms with Gasteiger partial charge in [-0.3, -0.25) is 4.79 Å². The van der Waals surface area contributed by atoms with Gasteiger partial charge in [-0.2, -0.15) is 0 Å². The summed E-state index contributed by atoms with van der Waals surface area (Å²) in [5.74, 6) is -1.62. The molecule has 7 nitrogen and oxygen atoms in total. The minimum Gasteiger partial charge on any atom is -0.478 e. The fourth-order valence-electron chi connectivity index (χ4n) is 4.43. The maximum atomic E-state index is 13.1. The number of nitrogens with one attached hydrogen (secondary N) is 2. The van der Waals surface area contributed by atoms with Crippen molar-refractivity contribution in [2.75, 3.05) is 11.9 Å². The number of hydrogen-bond donors (Lipinski definition) is 3. The van der Waals surface area contributed by atoms with Gasteiger partial charge in [0.1, 0.15) is 12.1 Å². The van der Waals surface area contributed by atoms with Crippen molar-refractivity contribution in [3.05, 3.63) is 89.0 Å². The summed E-state index contributed by atoms with van der Waals surface area (Å²) in [5, 5.41) is 14.8. The van der Waals surface area contributed by atoms with Gasteiger partial charge in [-0.1, -0.05) is 61.5 Å². The van der Waals surface area contributed by atoms with Crippen LogP contribution in [0.15, 0.2) is 66.7 Å². The van der Waals surface area contributed by atoms with Crippen molar-refractivity contribution in [2.45, 2.75) is 38.6 Å². The maximum Gasteiger partial charge on any atom is 0.408 e. The summed E-state index contributed by atoms with van der Waals surface area (Å²) in [6.07, 6.45) is -0.386. The third-order valence-electron chi connectivity index (χ3n) is 6.74. The van der Waals surface area contributed by atoms with Crippen LogP contribution in [-0.4, -0.2) is 35.2 Å². The molecule has 7 heteroatoms. The van der Waals surface area contributed by atoms with Crippen molar-refractivity contribution in [1.82, 2.24) is 5.32 Å². The van der Waals surface area contributed by atoms with Gasteiger partial charge >= 0.3 is 12.1 Å². The predicted molar refractivity (Wildman–Crippen MR) is 134 cm³/mol. The van der Waals surface area contributed by atoms with E-state index in [-0.39, 0.29) is 18.1 Å². The molecular weight excluding hydrogens is 444 g/mol. The highest BCUT2D eigenvalue weighted by molar-refractivity contribution is 6.01. The monoisotopic (exact) mass is 472 g/mol. The van der Waals surface area contributed by atoms with Crippen LogP contribution in [0.1, 0.15) is 53.2 Å². The lowest BCUT2D eigenvalue weighted by atomic mass is 9.97. The number of fused-ring (bicyclic) bond motifs is 3. The molecule has 3 N–H and O–H groups in total. The highest BCUT2D eigenvalue weighted by Gasteiger charge is 2.35. The van der Waals surface area contributed by atoms with Crippen LogP contribution in [0.5, 0.6) is 0 Å². The first kappa shape index (κ1) is 24.0. The SMILES string of the molecule is CCC(C)(NC(=O)OCC1c2ccccc2-c2ccccc21)C(=O)Nc1cccc(C(=O)O)c1C. The number of benzene rings is 3. The van der Waals surface area contributed by atoms with Crippen LogP contribution < -0.4 is 10.6 Å². The zero-order valence-electron chi connectivity index (χ0n) is 19.9. The Morgan fingerprint density at radius 2 is 1.54 bits per heavy atom.